The first-order valence-electron chi connectivity index (χ1n) is 13.9. The lowest BCUT2D eigenvalue weighted by atomic mass is 10.2. The van der Waals surface area contributed by atoms with E-state index in [2.05, 4.69) is 20.0 Å². The molecule has 228 valence electrons. The Labute approximate surface area is 250 Å². The molecule has 2 fully saturated rings. The number of fused-ring (bicyclic) bond motifs is 3. The predicted molar refractivity (Wildman–Crippen MR) is 166 cm³/mol. The molecule has 1 aromatic carbocycles. The molecule has 0 bridgehead atoms. The van der Waals surface area contributed by atoms with Gasteiger partial charge >= 0.3 is 4.87 Å². The Kier molecular flexibility index (Phi) is 7.03. The maximum Gasteiger partial charge on any atom is 0.309 e. The zero-order valence-electron chi connectivity index (χ0n) is 23.4. The molecule has 2 aliphatic heterocycles. The van der Waals surface area contributed by atoms with Crippen LogP contribution in [0, 0.1) is 11.6 Å². The molecular weight excluding hydrogens is 600 g/mol. The zero-order valence-corrected chi connectivity index (χ0v) is 25.1. The van der Waals surface area contributed by atoms with Gasteiger partial charge in [0.2, 0.25) is 11.8 Å². The van der Waals surface area contributed by atoms with Crippen LogP contribution in [0.2, 0.25) is 0 Å². The van der Waals surface area contributed by atoms with Crippen LogP contribution in [0.5, 0.6) is 0 Å². The topological polar surface area (TPSA) is 134 Å². The molecule has 3 N–H and O–H groups in total. The number of nitrogen functional groups attached to an aromatic ring is 1. The number of hydrogen-bond acceptors (Lipinski definition) is 11. The van der Waals surface area contributed by atoms with Crippen molar-refractivity contribution in [1.82, 2.24) is 29.0 Å². The second-order valence-electron chi connectivity index (χ2n) is 11.0. The average molecular weight is 632 g/mol. The van der Waals surface area contributed by atoms with Gasteiger partial charge in [-0.3, -0.25) is 14.3 Å². The minimum Gasteiger partial charge on any atom is -0.461 e. The fraction of sp³-hybridized carbons (Fsp3) is 0.407. The first-order chi connectivity index (χ1) is 20.7. The molecule has 6 heterocycles. The number of anilines is 3. The van der Waals surface area contributed by atoms with Crippen molar-refractivity contribution in [2.45, 2.75) is 6.54 Å². The summed E-state index contributed by atoms with van der Waals surface area (Å²) in [4.78, 5) is 27.9. The van der Waals surface area contributed by atoms with Crippen molar-refractivity contribution in [1.29, 1.82) is 0 Å². The Balaban J connectivity index is 1.04. The lowest BCUT2D eigenvalue weighted by molar-refractivity contribution is 0.248. The summed E-state index contributed by atoms with van der Waals surface area (Å²) in [6.45, 7) is 4.49. The average Bonchev–Trinajstić information content (AvgIpc) is 3.72. The number of halogens is 2. The third-order valence-corrected chi connectivity index (χ3v) is 11.3. The number of aromatic nitrogens is 5. The fourth-order valence-corrected chi connectivity index (χ4v) is 8.03. The van der Waals surface area contributed by atoms with Gasteiger partial charge in [0, 0.05) is 69.9 Å². The van der Waals surface area contributed by atoms with Gasteiger partial charge in [-0.05, 0) is 24.5 Å². The van der Waals surface area contributed by atoms with Gasteiger partial charge < -0.3 is 24.5 Å². The van der Waals surface area contributed by atoms with Crippen LogP contribution < -0.4 is 20.4 Å². The summed E-state index contributed by atoms with van der Waals surface area (Å²) < 4.78 is 49.1. The molecular formula is C27H31F2N9O3S2. The number of hydrogen-bond donors (Lipinski definition) is 2. The summed E-state index contributed by atoms with van der Waals surface area (Å²) in [5.74, 6) is 1.01. The number of furan rings is 1. The quantitative estimate of drug-likeness (QED) is 0.288. The second kappa shape index (κ2) is 10.8. The van der Waals surface area contributed by atoms with Crippen molar-refractivity contribution >= 4 is 55.0 Å². The van der Waals surface area contributed by atoms with Gasteiger partial charge in [-0.2, -0.15) is 9.50 Å². The van der Waals surface area contributed by atoms with Crippen LogP contribution in [0.25, 0.3) is 27.6 Å². The number of rotatable bonds is 6. The maximum absolute atomic E-state index is 14.9. The van der Waals surface area contributed by atoms with Crippen LogP contribution in [0.15, 0.2) is 39.7 Å². The highest BCUT2D eigenvalue weighted by molar-refractivity contribution is 8.28. The molecule has 2 saturated heterocycles. The van der Waals surface area contributed by atoms with Crippen molar-refractivity contribution < 1.29 is 17.8 Å². The Morgan fingerprint density at radius 1 is 1.00 bits per heavy atom. The largest absolute Gasteiger partial charge is 0.461 e. The van der Waals surface area contributed by atoms with Crippen LogP contribution >= 0.6 is 21.6 Å². The highest BCUT2D eigenvalue weighted by Gasteiger charge is 2.28. The van der Waals surface area contributed by atoms with E-state index in [4.69, 9.17) is 10.2 Å². The van der Waals surface area contributed by atoms with Gasteiger partial charge in [0.15, 0.2) is 17.1 Å². The molecule has 0 atom stereocenters. The lowest BCUT2D eigenvalue weighted by Gasteiger charge is -2.41. The smallest absolute Gasteiger partial charge is 0.309 e. The van der Waals surface area contributed by atoms with Crippen molar-refractivity contribution in [3.05, 3.63) is 51.8 Å². The lowest BCUT2D eigenvalue weighted by Crippen LogP contribution is -2.48. The molecule has 12 nitrogen and oxygen atoms in total. The van der Waals surface area contributed by atoms with Gasteiger partial charge in [0.25, 0.3) is 0 Å². The number of benzene rings is 1. The van der Waals surface area contributed by atoms with E-state index in [0.29, 0.717) is 103 Å². The molecule has 0 saturated carbocycles. The molecule has 0 radical (unpaired) electrons. The Bertz CT molecular complexity index is 1850. The van der Waals surface area contributed by atoms with E-state index in [1.807, 2.05) is 16.1 Å². The van der Waals surface area contributed by atoms with Crippen LogP contribution in [0.3, 0.4) is 0 Å². The Morgan fingerprint density at radius 2 is 1.70 bits per heavy atom. The number of thiazole rings is 1. The second-order valence-corrected chi connectivity index (χ2v) is 15.2. The monoisotopic (exact) mass is 631 g/mol. The molecule has 0 spiro atoms. The number of nitrogens with two attached hydrogens (primary N) is 1. The maximum atomic E-state index is 14.9. The van der Waals surface area contributed by atoms with Gasteiger partial charge in [0.1, 0.15) is 16.3 Å². The zero-order chi connectivity index (χ0) is 29.9. The molecule has 4 aromatic heterocycles. The predicted octanol–water partition coefficient (Wildman–Crippen LogP) is 3.17. The van der Waals surface area contributed by atoms with Crippen molar-refractivity contribution in [3.8, 4) is 11.6 Å². The SMILES string of the molecule is CS1(O)CCN(c2cc(N3CCN(CCn4c(=O)sc5c4nc(N)n4nc(-c6ccco6)nc54)CC3)c(F)cc2F)CC1. The summed E-state index contributed by atoms with van der Waals surface area (Å²) in [6, 6.07) is 6.05. The van der Waals surface area contributed by atoms with Crippen molar-refractivity contribution in [3.63, 3.8) is 0 Å². The fourth-order valence-electron chi connectivity index (χ4n) is 5.67. The minimum absolute atomic E-state index is 0.116. The molecule has 7 rings (SSSR count). The third-order valence-electron chi connectivity index (χ3n) is 8.17. The van der Waals surface area contributed by atoms with E-state index in [-0.39, 0.29) is 10.8 Å². The summed E-state index contributed by atoms with van der Waals surface area (Å²) in [7, 11) is -1.63. The van der Waals surface area contributed by atoms with Gasteiger partial charge in [0.05, 0.1) is 17.6 Å². The van der Waals surface area contributed by atoms with Gasteiger partial charge in [-0.15, -0.1) is 15.4 Å². The standard InChI is InChI=1S/C27H31F2N9O3S2/c1-43(40)13-10-36(11-14-43)20-16-19(17(28)15-18(20)29)35-7-4-34(5-8-35)6-9-37-24-22(42-27(37)39)25-31-23(21-3-2-12-41-21)33-38(25)26(30)32-24/h2-3,12,15-16,40H,4-11,13-14H2,1H3,(H2,30,32). The Hall–Kier alpha value is -3.73. The van der Waals surface area contributed by atoms with E-state index in [1.165, 1.54) is 10.8 Å². The molecule has 43 heavy (non-hydrogen) atoms. The Morgan fingerprint density at radius 3 is 2.37 bits per heavy atom. The van der Waals surface area contributed by atoms with E-state index < -0.39 is 21.9 Å². The number of nitrogens with zero attached hydrogens (tertiary/aromatic N) is 8. The summed E-state index contributed by atoms with van der Waals surface area (Å²) in [5, 5.41) is 4.39. The summed E-state index contributed by atoms with van der Waals surface area (Å²) in [6.07, 6.45) is 3.40. The summed E-state index contributed by atoms with van der Waals surface area (Å²) >= 11 is 1.05. The van der Waals surface area contributed by atoms with Gasteiger partial charge in [-0.25, -0.2) is 13.8 Å². The molecule has 0 aliphatic carbocycles. The number of piperazine rings is 1. The van der Waals surface area contributed by atoms with Crippen LogP contribution in [-0.2, 0) is 6.54 Å². The van der Waals surface area contributed by atoms with Crippen molar-refractivity contribution in [2.24, 2.45) is 0 Å². The molecule has 0 amide bonds. The van der Waals surface area contributed by atoms with E-state index in [1.54, 1.807) is 22.8 Å². The highest BCUT2D eigenvalue weighted by Crippen LogP contribution is 2.42. The van der Waals surface area contributed by atoms with Crippen LogP contribution in [0.1, 0.15) is 0 Å². The van der Waals surface area contributed by atoms with Crippen LogP contribution in [-0.4, -0.2) is 97.2 Å². The molecule has 16 heteroatoms. The highest BCUT2D eigenvalue weighted by atomic mass is 32.3. The van der Waals surface area contributed by atoms with E-state index in [9.17, 15) is 18.1 Å². The van der Waals surface area contributed by atoms with E-state index in [0.717, 1.165) is 17.4 Å². The third kappa shape index (κ3) is 5.21. The molecule has 2 aliphatic rings. The molecule has 5 aromatic rings. The first-order valence-corrected chi connectivity index (χ1v) is 17.1. The van der Waals surface area contributed by atoms with Crippen LogP contribution in [0.4, 0.5) is 26.1 Å². The van der Waals surface area contributed by atoms with Crippen molar-refractivity contribution in [2.75, 3.05) is 79.1 Å². The first kappa shape index (κ1) is 28.1. The van der Waals surface area contributed by atoms with E-state index >= 15 is 0 Å². The van der Waals surface area contributed by atoms with Gasteiger partial charge in [-0.1, -0.05) is 11.3 Å². The minimum atomic E-state index is -1.63. The summed E-state index contributed by atoms with van der Waals surface area (Å²) in [5.41, 5.74) is 7.85. The normalized spacial score (nSPS) is 18.6. The molecule has 0 unspecified atom stereocenters.